The number of hydrazone groups is 1. The van der Waals surface area contributed by atoms with Gasteiger partial charge >= 0.3 is 0 Å². The van der Waals surface area contributed by atoms with Crippen LogP contribution in [-0.4, -0.2) is 17.0 Å². The van der Waals surface area contributed by atoms with E-state index in [2.05, 4.69) is 10.5 Å². The summed E-state index contributed by atoms with van der Waals surface area (Å²) in [6, 6.07) is 23.6. The lowest BCUT2D eigenvalue weighted by molar-refractivity contribution is 1.03. The molecule has 4 aromatic rings. The Morgan fingerprint density at radius 1 is 1.00 bits per heavy atom. The molecule has 0 aliphatic carbocycles. The molecule has 0 fully saturated rings. The predicted octanol–water partition coefficient (Wildman–Crippen LogP) is 5.96. The van der Waals surface area contributed by atoms with Crippen LogP contribution in [0, 0.1) is 6.92 Å². The Morgan fingerprint density at radius 3 is 2.54 bits per heavy atom. The second-order valence-electron chi connectivity index (χ2n) is 6.17. The summed E-state index contributed by atoms with van der Waals surface area (Å²) in [5.41, 5.74) is 6.83. The molecule has 28 heavy (non-hydrogen) atoms. The Morgan fingerprint density at radius 2 is 1.75 bits per heavy atom. The summed E-state index contributed by atoms with van der Waals surface area (Å²) in [6.45, 7) is 2.05. The number of aromatic nitrogens is 1. The van der Waals surface area contributed by atoms with Gasteiger partial charge in [0.25, 0.3) is 0 Å². The largest absolute Gasteiger partial charge is 0.259 e. The third-order valence-electron chi connectivity index (χ3n) is 4.05. The molecule has 0 aliphatic rings. The van der Waals surface area contributed by atoms with Crippen molar-refractivity contribution >= 4 is 50.9 Å². The normalized spacial score (nSPS) is 12.0. The van der Waals surface area contributed by atoms with E-state index in [1.165, 1.54) is 5.56 Å². The van der Waals surface area contributed by atoms with Crippen molar-refractivity contribution < 1.29 is 0 Å². The first-order chi connectivity index (χ1) is 13.7. The van der Waals surface area contributed by atoms with E-state index < -0.39 is 0 Å². The van der Waals surface area contributed by atoms with Crippen LogP contribution in [0.3, 0.4) is 0 Å². The lowest BCUT2D eigenvalue weighted by Gasteiger charge is -2.03. The second-order valence-corrected chi connectivity index (χ2v) is 7.61. The molecular formula is C22H17ClN4S. The van der Waals surface area contributed by atoms with Crippen LogP contribution >= 0.6 is 22.9 Å². The molecule has 138 valence electrons. The third-order valence-corrected chi connectivity index (χ3v) is 5.44. The Kier molecular flexibility index (Phi) is 5.46. The number of rotatable bonds is 4. The molecule has 4 rings (SSSR count). The van der Waals surface area contributed by atoms with Gasteiger partial charge in [-0.2, -0.15) is 5.10 Å². The number of aryl methyl sites for hydroxylation is 1. The van der Waals surface area contributed by atoms with E-state index in [4.69, 9.17) is 21.6 Å². The lowest BCUT2D eigenvalue weighted by Crippen LogP contribution is -2.18. The van der Waals surface area contributed by atoms with E-state index in [1.807, 2.05) is 79.7 Å². The van der Waals surface area contributed by atoms with Crippen molar-refractivity contribution in [1.82, 2.24) is 10.4 Å². The van der Waals surface area contributed by atoms with Crippen LogP contribution in [-0.2, 0) is 0 Å². The van der Waals surface area contributed by atoms with Crippen LogP contribution in [0.1, 0.15) is 16.1 Å². The summed E-state index contributed by atoms with van der Waals surface area (Å²) >= 11 is 7.77. The number of thiazole rings is 1. The van der Waals surface area contributed by atoms with E-state index in [0.29, 0.717) is 10.9 Å². The van der Waals surface area contributed by atoms with Crippen LogP contribution in [0.2, 0.25) is 5.02 Å². The number of halogens is 1. The first-order valence-electron chi connectivity index (χ1n) is 8.74. The molecule has 1 N–H and O–H groups in total. The molecule has 0 saturated heterocycles. The monoisotopic (exact) mass is 404 g/mol. The number of para-hydroxylation sites is 1. The minimum absolute atomic E-state index is 0.591. The Balaban J connectivity index is 1.68. The number of fused-ring (bicyclic) bond motifs is 1. The number of nitrogens with one attached hydrogen (secondary N) is 1. The number of benzene rings is 3. The molecule has 0 atom stereocenters. The maximum Gasteiger partial charge on any atom is 0.183 e. The maximum absolute atomic E-state index is 6.20. The quantitative estimate of drug-likeness (QED) is 0.259. The summed E-state index contributed by atoms with van der Waals surface area (Å²) < 4.78 is 1.10. The van der Waals surface area contributed by atoms with Gasteiger partial charge in [-0.1, -0.05) is 59.6 Å². The molecule has 6 heteroatoms. The van der Waals surface area contributed by atoms with E-state index in [0.717, 1.165) is 26.5 Å². The molecule has 0 aliphatic heterocycles. The zero-order valence-electron chi connectivity index (χ0n) is 15.1. The zero-order valence-corrected chi connectivity index (χ0v) is 16.7. The Hall–Kier alpha value is -3.02. The highest BCUT2D eigenvalue weighted by Crippen LogP contribution is 2.23. The van der Waals surface area contributed by atoms with Gasteiger partial charge < -0.3 is 0 Å². The van der Waals surface area contributed by atoms with E-state index in [1.54, 1.807) is 17.6 Å². The molecule has 3 aromatic carbocycles. The van der Waals surface area contributed by atoms with E-state index >= 15 is 0 Å². The third kappa shape index (κ3) is 4.27. The molecule has 0 amide bonds. The highest BCUT2D eigenvalue weighted by Gasteiger charge is 2.10. The Labute approximate surface area is 172 Å². The fraction of sp³-hybridized carbons (Fsp3) is 0.0455. The highest BCUT2D eigenvalue weighted by atomic mass is 35.5. The average Bonchev–Trinajstić information content (AvgIpc) is 3.14. The minimum atomic E-state index is 0.591. The van der Waals surface area contributed by atoms with E-state index in [-0.39, 0.29) is 0 Å². The van der Waals surface area contributed by atoms with Gasteiger partial charge in [0.15, 0.2) is 10.8 Å². The topological polar surface area (TPSA) is 49.6 Å². The number of hydrogen-bond donors (Lipinski definition) is 1. The summed E-state index contributed by atoms with van der Waals surface area (Å²) in [5, 5.41) is 5.76. The predicted molar refractivity (Wildman–Crippen MR) is 119 cm³/mol. The van der Waals surface area contributed by atoms with Crippen molar-refractivity contribution in [2.24, 2.45) is 10.1 Å². The first kappa shape index (κ1) is 18.3. The van der Waals surface area contributed by atoms with Gasteiger partial charge in [-0.05, 0) is 37.3 Å². The van der Waals surface area contributed by atoms with Gasteiger partial charge in [-0.15, -0.1) is 11.3 Å². The summed E-state index contributed by atoms with van der Waals surface area (Å²) in [6.07, 6.45) is 1.68. The fourth-order valence-electron chi connectivity index (χ4n) is 2.59. The minimum Gasteiger partial charge on any atom is -0.259 e. The van der Waals surface area contributed by atoms with Crippen LogP contribution in [0.25, 0.3) is 10.2 Å². The van der Waals surface area contributed by atoms with Crippen LogP contribution in [0.15, 0.2) is 82.9 Å². The van der Waals surface area contributed by atoms with Gasteiger partial charge in [-0.25, -0.2) is 9.98 Å². The first-order valence-corrected chi connectivity index (χ1v) is 9.93. The maximum atomic E-state index is 6.20. The number of aliphatic imine (C=N–C) groups is 1. The lowest BCUT2D eigenvalue weighted by atomic mass is 10.2. The smallest absolute Gasteiger partial charge is 0.183 e. The van der Waals surface area contributed by atoms with Gasteiger partial charge in [0.2, 0.25) is 0 Å². The molecule has 1 heterocycles. The number of nitrogens with zero attached hydrogens (tertiary/aromatic N) is 3. The molecule has 0 unspecified atom stereocenters. The SMILES string of the molecule is Cc1ccc(N=C(N/N=C/c2ccccc2Cl)c2nc3ccccc3s2)cc1. The van der Waals surface area contributed by atoms with Crippen LogP contribution < -0.4 is 5.43 Å². The van der Waals surface area contributed by atoms with Crippen molar-refractivity contribution in [2.45, 2.75) is 6.92 Å². The molecule has 0 saturated carbocycles. The van der Waals surface area contributed by atoms with Crippen molar-refractivity contribution in [3.63, 3.8) is 0 Å². The van der Waals surface area contributed by atoms with Crippen molar-refractivity contribution in [3.05, 3.63) is 94.0 Å². The molecule has 0 bridgehead atoms. The second kappa shape index (κ2) is 8.33. The molecule has 1 aromatic heterocycles. The van der Waals surface area contributed by atoms with Gasteiger partial charge in [0.05, 0.1) is 22.1 Å². The van der Waals surface area contributed by atoms with Gasteiger partial charge in [-0.3, -0.25) is 5.43 Å². The van der Waals surface area contributed by atoms with Gasteiger partial charge in [0.1, 0.15) is 0 Å². The average molecular weight is 405 g/mol. The fourth-order valence-corrected chi connectivity index (χ4v) is 3.67. The number of amidine groups is 1. The molecule has 0 radical (unpaired) electrons. The summed E-state index contributed by atoms with van der Waals surface area (Å²) in [7, 11) is 0. The number of hydrogen-bond acceptors (Lipinski definition) is 4. The highest BCUT2D eigenvalue weighted by molar-refractivity contribution is 7.20. The Bertz CT molecular complexity index is 1130. The molecule has 4 nitrogen and oxygen atoms in total. The standard InChI is InChI=1S/C22H17ClN4S/c1-15-10-12-17(13-11-15)25-21(22-26-19-8-4-5-9-20(19)28-22)27-24-14-16-6-2-3-7-18(16)23/h2-14H,1H3,(H,25,27)/b24-14+. The molecule has 0 spiro atoms. The van der Waals surface area contributed by atoms with Crippen molar-refractivity contribution in [1.29, 1.82) is 0 Å². The summed E-state index contributed by atoms with van der Waals surface area (Å²) in [5.74, 6) is 0.591. The molecular weight excluding hydrogens is 388 g/mol. The van der Waals surface area contributed by atoms with Crippen LogP contribution in [0.4, 0.5) is 5.69 Å². The summed E-state index contributed by atoms with van der Waals surface area (Å²) in [4.78, 5) is 9.42. The van der Waals surface area contributed by atoms with Crippen molar-refractivity contribution in [3.8, 4) is 0 Å². The van der Waals surface area contributed by atoms with Crippen molar-refractivity contribution in [2.75, 3.05) is 0 Å². The van der Waals surface area contributed by atoms with Crippen LogP contribution in [0.5, 0.6) is 0 Å². The van der Waals surface area contributed by atoms with E-state index in [9.17, 15) is 0 Å². The zero-order chi connectivity index (χ0) is 19.3. The van der Waals surface area contributed by atoms with Gasteiger partial charge in [0, 0.05) is 10.6 Å².